The van der Waals surface area contributed by atoms with Crippen LogP contribution < -0.4 is 10.1 Å². The summed E-state index contributed by atoms with van der Waals surface area (Å²) in [6.07, 6.45) is 4.81. The SMILES string of the molecule is CCCCCC(=O)N[C@@H](C)[C@H](Oc1ccc2c(cnn2-c2ccc(F)cc2)c1)c1ccc(Cl)cc1. The van der Waals surface area contributed by atoms with E-state index in [9.17, 15) is 9.18 Å². The third-order valence-corrected chi connectivity index (χ3v) is 6.17. The van der Waals surface area contributed by atoms with Crippen LogP contribution in [0.1, 0.15) is 51.2 Å². The second-order valence-corrected chi connectivity index (χ2v) is 9.09. The van der Waals surface area contributed by atoms with E-state index in [2.05, 4.69) is 17.3 Å². The maximum atomic E-state index is 13.3. The number of carbonyl (C=O) groups is 1. The molecule has 0 aliphatic rings. The number of nitrogens with one attached hydrogen (secondary N) is 1. The average Bonchev–Trinajstić information content (AvgIpc) is 3.27. The van der Waals surface area contributed by atoms with Crippen molar-refractivity contribution < 1.29 is 13.9 Å². The number of hydrogen-bond acceptors (Lipinski definition) is 3. The van der Waals surface area contributed by atoms with Gasteiger partial charge in [0, 0.05) is 16.8 Å². The molecule has 4 aromatic rings. The Morgan fingerprint density at radius 2 is 1.83 bits per heavy atom. The molecule has 0 radical (unpaired) electrons. The van der Waals surface area contributed by atoms with Crippen molar-refractivity contribution in [3.05, 3.63) is 89.3 Å². The zero-order chi connectivity index (χ0) is 24.8. The lowest BCUT2D eigenvalue weighted by molar-refractivity contribution is -0.122. The summed E-state index contributed by atoms with van der Waals surface area (Å²) in [5.41, 5.74) is 2.57. The Kier molecular flexibility index (Phi) is 8.03. The zero-order valence-electron chi connectivity index (χ0n) is 19.9. The van der Waals surface area contributed by atoms with Crippen LogP contribution in [0.5, 0.6) is 5.75 Å². The molecule has 1 amide bonds. The molecule has 0 spiro atoms. The van der Waals surface area contributed by atoms with Gasteiger partial charge in [0.1, 0.15) is 17.7 Å². The van der Waals surface area contributed by atoms with Crippen molar-refractivity contribution in [2.45, 2.75) is 51.7 Å². The van der Waals surface area contributed by atoms with Crippen molar-refractivity contribution in [2.75, 3.05) is 0 Å². The first-order valence-electron chi connectivity index (χ1n) is 11.9. The molecule has 182 valence electrons. The molecule has 7 heteroatoms. The lowest BCUT2D eigenvalue weighted by atomic mass is 10.0. The molecule has 5 nitrogen and oxygen atoms in total. The third kappa shape index (κ3) is 6.20. The second-order valence-electron chi connectivity index (χ2n) is 8.66. The lowest BCUT2D eigenvalue weighted by Crippen LogP contribution is -2.39. The van der Waals surface area contributed by atoms with E-state index in [1.54, 1.807) is 23.0 Å². The summed E-state index contributed by atoms with van der Waals surface area (Å²) < 4.78 is 21.5. The van der Waals surface area contributed by atoms with E-state index in [1.165, 1.54) is 12.1 Å². The van der Waals surface area contributed by atoms with Gasteiger partial charge in [-0.1, -0.05) is 43.5 Å². The Bertz CT molecular complexity index is 1270. The number of carbonyl (C=O) groups excluding carboxylic acids is 1. The van der Waals surface area contributed by atoms with Gasteiger partial charge in [-0.15, -0.1) is 0 Å². The van der Waals surface area contributed by atoms with Gasteiger partial charge >= 0.3 is 0 Å². The quantitative estimate of drug-likeness (QED) is 0.241. The predicted molar refractivity (Wildman–Crippen MR) is 138 cm³/mol. The summed E-state index contributed by atoms with van der Waals surface area (Å²) in [4.78, 5) is 12.5. The minimum absolute atomic E-state index is 0.0181. The summed E-state index contributed by atoms with van der Waals surface area (Å²) >= 11 is 6.10. The zero-order valence-corrected chi connectivity index (χ0v) is 20.6. The van der Waals surface area contributed by atoms with E-state index in [0.717, 1.165) is 41.4 Å². The molecule has 1 aromatic heterocycles. The molecule has 3 aromatic carbocycles. The fraction of sp³-hybridized carbons (Fsp3) is 0.286. The molecule has 0 fully saturated rings. The highest BCUT2D eigenvalue weighted by Crippen LogP contribution is 2.29. The number of rotatable bonds is 10. The summed E-state index contributed by atoms with van der Waals surface area (Å²) in [6.45, 7) is 4.06. The second kappa shape index (κ2) is 11.4. The van der Waals surface area contributed by atoms with Crippen LogP contribution in [0.3, 0.4) is 0 Å². The maximum Gasteiger partial charge on any atom is 0.220 e. The monoisotopic (exact) mass is 493 g/mol. The van der Waals surface area contributed by atoms with E-state index in [0.29, 0.717) is 17.2 Å². The Labute approximate surface area is 209 Å². The fourth-order valence-corrected chi connectivity index (χ4v) is 4.19. The van der Waals surface area contributed by atoms with E-state index in [4.69, 9.17) is 16.3 Å². The molecule has 0 saturated carbocycles. The Morgan fingerprint density at radius 3 is 2.54 bits per heavy atom. The highest BCUT2D eigenvalue weighted by atomic mass is 35.5. The van der Waals surface area contributed by atoms with E-state index >= 15 is 0 Å². The minimum atomic E-state index is -0.410. The third-order valence-electron chi connectivity index (χ3n) is 5.92. The van der Waals surface area contributed by atoms with Gasteiger partial charge in [-0.05, 0) is 73.5 Å². The average molecular weight is 494 g/mol. The molecule has 35 heavy (non-hydrogen) atoms. The van der Waals surface area contributed by atoms with E-state index < -0.39 is 6.10 Å². The van der Waals surface area contributed by atoms with Gasteiger partial charge < -0.3 is 10.1 Å². The van der Waals surface area contributed by atoms with Crippen molar-refractivity contribution in [1.82, 2.24) is 15.1 Å². The van der Waals surface area contributed by atoms with Crippen LogP contribution in [0.15, 0.2) is 72.9 Å². The lowest BCUT2D eigenvalue weighted by Gasteiger charge is -2.27. The molecular formula is C28H29ClFN3O2. The number of ether oxygens (including phenoxy) is 1. The van der Waals surface area contributed by atoms with Gasteiger partial charge in [-0.2, -0.15) is 5.10 Å². The van der Waals surface area contributed by atoms with Gasteiger partial charge in [0.25, 0.3) is 0 Å². The molecule has 0 aliphatic carbocycles. The normalized spacial score (nSPS) is 12.9. The van der Waals surface area contributed by atoms with Crippen LogP contribution in [0, 0.1) is 5.82 Å². The van der Waals surface area contributed by atoms with Crippen molar-refractivity contribution in [1.29, 1.82) is 0 Å². The van der Waals surface area contributed by atoms with Crippen LogP contribution in [0.4, 0.5) is 4.39 Å². The van der Waals surface area contributed by atoms with Crippen molar-refractivity contribution in [2.24, 2.45) is 0 Å². The Morgan fingerprint density at radius 1 is 1.09 bits per heavy atom. The van der Waals surface area contributed by atoms with Crippen LogP contribution >= 0.6 is 11.6 Å². The summed E-state index contributed by atoms with van der Waals surface area (Å²) in [5, 5.41) is 9.08. The largest absolute Gasteiger partial charge is 0.484 e. The van der Waals surface area contributed by atoms with Gasteiger partial charge in [-0.3, -0.25) is 4.79 Å². The molecular weight excluding hydrogens is 465 g/mol. The molecule has 2 atom stereocenters. The maximum absolute atomic E-state index is 13.3. The van der Waals surface area contributed by atoms with E-state index in [-0.39, 0.29) is 17.8 Å². The van der Waals surface area contributed by atoms with Crippen LogP contribution in [-0.4, -0.2) is 21.7 Å². The molecule has 0 unspecified atom stereocenters. The van der Waals surface area contributed by atoms with Gasteiger partial charge in [0.05, 0.1) is 23.4 Å². The smallest absolute Gasteiger partial charge is 0.220 e. The highest BCUT2D eigenvalue weighted by molar-refractivity contribution is 6.30. The number of fused-ring (bicyclic) bond motifs is 1. The fourth-order valence-electron chi connectivity index (χ4n) is 4.07. The van der Waals surface area contributed by atoms with Crippen LogP contribution in [0.2, 0.25) is 5.02 Å². The van der Waals surface area contributed by atoms with Crippen LogP contribution in [-0.2, 0) is 4.79 Å². The summed E-state index contributed by atoms with van der Waals surface area (Å²) in [6, 6.07) is 19.1. The first-order valence-corrected chi connectivity index (χ1v) is 12.3. The van der Waals surface area contributed by atoms with Gasteiger partial charge in [0.15, 0.2) is 0 Å². The molecule has 4 rings (SSSR count). The van der Waals surface area contributed by atoms with Gasteiger partial charge in [-0.25, -0.2) is 9.07 Å². The van der Waals surface area contributed by atoms with Crippen molar-refractivity contribution in [3.8, 4) is 11.4 Å². The first-order chi connectivity index (χ1) is 16.9. The Balaban J connectivity index is 1.57. The number of nitrogens with zero attached hydrogens (tertiary/aromatic N) is 2. The molecule has 0 bridgehead atoms. The van der Waals surface area contributed by atoms with Crippen molar-refractivity contribution in [3.63, 3.8) is 0 Å². The molecule has 0 aliphatic heterocycles. The molecule has 0 saturated heterocycles. The Hall–Kier alpha value is -3.38. The number of amides is 1. The van der Waals surface area contributed by atoms with Crippen LogP contribution in [0.25, 0.3) is 16.6 Å². The summed E-state index contributed by atoms with van der Waals surface area (Å²) in [5.74, 6) is 0.383. The van der Waals surface area contributed by atoms with E-state index in [1.807, 2.05) is 49.4 Å². The number of halogens is 2. The first kappa shape index (κ1) is 24.7. The number of hydrogen-bond donors (Lipinski definition) is 1. The topological polar surface area (TPSA) is 56.1 Å². The molecule has 1 N–H and O–H groups in total. The number of unbranched alkanes of at least 4 members (excludes halogenated alkanes) is 2. The standard InChI is InChI=1S/C28H29ClFN3O2/c1-3-4-5-6-27(34)32-19(2)28(20-7-9-22(29)10-8-20)35-25-15-16-26-21(17-25)18-31-33(26)24-13-11-23(30)12-14-24/h7-19,28H,3-6H2,1-2H3,(H,32,34)/t19-,28-/m0/s1. The number of aromatic nitrogens is 2. The highest BCUT2D eigenvalue weighted by Gasteiger charge is 2.23. The summed E-state index contributed by atoms with van der Waals surface area (Å²) in [7, 11) is 0. The predicted octanol–water partition coefficient (Wildman–Crippen LogP) is 7.02. The van der Waals surface area contributed by atoms with Gasteiger partial charge in [0.2, 0.25) is 5.91 Å². The molecule has 1 heterocycles. The number of benzene rings is 3. The van der Waals surface area contributed by atoms with Crippen molar-refractivity contribution >= 4 is 28.4 Å². The minimum Gasteiger partial charge on any atom is -0.484 e.